The second kappa shape index (κ2) is 9.53. The van der Waals surface area contributed by atoms with Gasteiger partial charge in [0.15, 0.2) is 4.80 Å². The lowest BCUT2D eigenvalue weighted by Gasteiger charge is -2.24. The Balaban J connectivity index is 1.91. The highest BCUT2D eigenvalue weighted by atomic mass is 32.2. The lowest BCUT2D eigenvalue weighted by Crippen LogP contribution is -2.39. The fourth-order valence-electron chi connectivity index (χ4n) is 3.92. The molecule has 1 aromatic heterocycles. The van der Waals surface area contributed by atoms with Crippen LogP contribution in [0.2, 0.25) is 0 Å². The first-order valence-electron chi connectivity index (χ1n) is 10.7. The first-order chi connectivity index (χ1) is 15.8. The van der Waals surface area contributed by atoms with Crippen LogP contribution in [0.5, 0.6) is 0 Å². The molecule has 0 aliphatic carbocycles. The Morgan fingerprint density at radius 1 is 1.15 bits per heavy atom. The Kier molecular flexibility index (Phi) is 6.72. The maximum Gasteiger partial charge on any atom is 0.338 e. The van der Waals surface area contributed by atoms with Crippen LogP contribution in [0.25, 0.3) is 6.08 Å². The number of benzene rings is 2. The van der Waals surface area contributed by atoms with Gasteiger partial charge in [0.25, 0.3) is 5.56 Å². The van der Waals surface area contributed by atoms with E-state index in [0.717, 1.165) is 16.0 Å². The van der Waals surface area contributed by atoms with E-state index in [9.17, 15) is 9.59 Å². The van der Waals surface area contributed by atoms with Crippen molar-refractivity contribution in [3.63, 3.8) is 0 Å². The lowest BCUT2D eigenvalue weighted by molar-refractivity contribution is -0.136. The quantitative estimate of drug-likeness (QED) is 0.406. The highest BCUT2D eigenvalue weighted by Gasteiger charge is 2.33. The van der Waals surface area contributed by atoms with E-state index >= 15 is 0 Å². The molecular weight excluding hydrogens is 452 g/mol. The molecule has 33 heavy (non-hydrogen) atoms. The SMILES string of the molecule is COC(=O)C1=C(C)N=c2s/c(=C\c3ccc(SC)cc3)c(=O)n2C1c1ccc(C(C)C)cc1. The smallest absolute Gasteiger partial charge is 0.338 e. The predicted molar refractivity (Wildman–Crippen MR) is 135 cm³/mol. The van der Waals surface area contributed by atoms with E-state index < -0.39 is 12.0 Å². The number of rotatable bonds is 5. The van der Waals surface area contributed by atoms with Crippen LogP contribution in [0.1, 0.15) is 49.4 Å². The van der Waals surface area contributed by atoms with Crippen molar-refractivity contribution in [1.82, 2.24) is 4.57 Å². The van der Waals surface area contributed by atoms with Crippen LogP contribution in [-0.4, -0.2) is 23.9 Å². The summed E-state index contributed by atoms with van der Waals surface area (Å²) in [6.07, 6.45) is 3.91. The summed E-state index contributed by atoms with van der Waals surface area (Å²) in [5.74, 6) is -0.0907. The van der Waals surface area contributed by atoms with Crippen LogP contribution in [0.3, 0.4) is 0 Å². The molecule has 7 heteroatoms. The normalized spacial score (nSPS) is 16.1. The lowest BCUT2D eigenvalue weighted by atomic mass is 9.93. The van der Waals surface area contributed by atoms with Crippen LogP contribution in [0.15, 0.2) is 74.5 Å². The third kappa shape index (κ3) is 4.48. The molecular formula is C26H26N2O3S2. The number of aromatic nitrogens is 1. The van der Waals surface area contributed by atoms with E-state index in [4.69, 9.17) is 4.74 Å². The average Bonchev–Trinajstić information content (AvgIpc) is 3.12. The monoisotopic (exact) mass is 478 g/mol. The Labute approximate surface area is 201 Å². The summed E-state index contributed by atoms with van der Waals surface area (Å²) < 4.78 is 7.27. The molecule has 3 aromatic rings. The van der Waals surface area contributed by atoms with Gasteiger partial charge in [-0.25, -0.2) is 9.79 Å². The molecule has 2 heterocycles. The zero-order valence-corrected chi connectivity index (χ0v) is 20.9. The highest BCUT2D eigenvalue weighted by Crippen LogP contribution is 2.31. The van der Waals surface area contributed by atoms with Gasteiger partial charge in [-0.1, -0.05) is 61.6 Å². The van der Waals surface area contributed by atoms with Gasteiger partial charge >= 0.3 is 5.97 Å². The number of nitrogens with zero attached hydrogens (tertiary/aromatic N) is 2. The standard InChI is InChI=1S/C26H26N2O3S2/c1-15(2)18-8-10-19(11-9-18)23-22(25(30)31-4)16(3)27-26-28(23)24(29)21(33-26)14-17-6-12-20(32-5)13-7-17/h6-15,23H,1-5H3/b21-14-. The van der Waals surface area contributed by atoms with Crippen LogP contribution < -0.4 is 14.9 Å². The molecule has 0 bridgehead atoms. The molecule has 0 saturated heterocycles. The number of carbonyl (C=O) groups is 1. The van der Waals surface area contributed by atoms with Gasteiger partial charge in [-0.3, -0.25) is 9.36 Å². The maximum absolute atomic E-state index is 13.6. The minimum atomic E-state index is -0.587. The average molecular weight is 479 g/mol. The van der Waals surface area contributed by atoms with Crippen molar-refractivity contribution in [2.75, 3.05) is 13.4 Å². The van der Waals surface area contributed by atoms with Crippen molar-refractivity contribution in [2.24, 2.45) is 4.99 Å². The van der Waals surface area contributed by atoms with Crippen molar-refractivity contribution >= 4 is 35.1 Å². The molecule has 170 valence electrons. The van der Waals surface area contributed by atoms with E-state index in [1.165, 1.54) is 24.0 Å². The van der Waals surface area contributed by atoms with Gasteiger partial charge in [0.1, 0.15) is 0 Å². The molecule has 0 saturated carbocycles. The molecule has 0 radical (unpaired) electrons. The molecule has 2 aromatic carbocycles. The number of hydrogen-bond donors (Lipinski definition) is 0. The molecule has 5 nitrogen and oxygen atoms in total. The van der Waals surface area contributed by atoms with Gasteiger partial charge in [-0.05, 0) is 54.0 Å². The molecule has 1 atom stereocenters. The molecule has 0 fully saturated rings. The zero-order chi connectivity index (χ0) is 23.7. The number of esters is 1. The molecule has 1 unspecified atom stereocenters. The van der Waals surface area contributed by atoms with Crippen LogP contribution in [0, 0.1) is 0 Å². The predicted octanol–water partition coefficient (Wildman–Crippen LogP) is 4.25. The summed E-state index contributed by atoms with van der Waals surface area (Å²) in [6.45, 7) is 6.06. The fraction of sp³-hybridized carbons (Fsp3) is 0.269. The zero-order valence-electron chi connectivity index (χ0n) is 19.3. The molecule has 0 N–H and O–H groups in total. The Morgan fingerprint density at radius 3 is 2.39 bits per heavy atom. The van der Waals surface area contributed by atoms with Crippen LogP contribution >= 0.6 is 23.1 Å². The third-order valence-electron chi connectivity index (χ3n) is 5.76. The summed E-state index contributed by atoms with van der Waals surface area (Å²) in [4.78, 5) is 32.7. The topological polar surface area (TPSA) is 60.7 Å². The summed E-state index contributed by atoms with van der Waals surface area (Å²) >= 11 is 3.01. The van der Waals surface area contributed by atoms with Gasteiger partial charge < -0.3 is 4.74 Å². The second-order valence-corrected chi connectivity index (χ2v) is 10.1. The largest absolute Gasteiger partial charge is 0.466 e. The molecule has 0 spiro atoms. The fourth-order valence-corrected chi connectivity index (χ4v) is 5.38. The maximum atomic E-state index is 13.6. The van der Waals surface area contributed by atoms with Crippen LogP contribution in [-0.2, 0) is 9.53 Å². The first-order valence-corrected chi connectivity index (χ1v) is 12.7. The first kappa shape index (κ1) is 23.3. The van der Waals surface area contributed by atoms with Crippen molar-refractivity contribution in [3.8, 4) is 0 Å². The van der Waals surface area contributed by atoms with Gasteiger partial charge in [-0.15, -0.1) is 11.8 Å². The van der Waals surface area contributed by atoms with Crippen molar-refractivity contribution < 1.29 is 9.53 Å². The van der Waals surface area contributed by atoms with Gasteiger partial charge in [-0.2, -0.15) is 0 Å². The minimum Gasteiger partial charge on any atom is -0.466 e. The number of fused-ring (bicyclic) bond motifs is 1. The summed E-state index contributed by atoms with van der Waals surface area (Å²) in [5, 5.41) is 0. The summed E-state index contributed by atoms with van der Waals surface area (Å²) in [5.41, 5.74) is 3.78. The van der Waals surface area contributed by atoms with Crippen LogP contribution in [0.4, 0.5) is 0 Å². The van der Waals surface area contributed by atoms with Gasteiger partial charge in [0.05, 0.1) is 29.0 Å². The summed E-state index contributed by atoms with van der Waals surface area (Å²) in [7, 11) is 1.35. The third-order valence-corrected chi connectivity index (χ3v) is 7.49. The number of ether oxygens (including phenoxy) is 1. The molecule has 0 amide bonds. The highest BCUT2D eigenvalue weighted by molar-refractivity contribution is 7.98. The number of carbonyl (C=O) groups excluding carboxylic acids is 1. The van der Waals surface area contributed by atoms with E-state index in [-0.39, 0.29) is 5.56 Å². The Bertz CT molecular complexity index is 1400. The van der Waals surface area contributed by atoms with E-state index in [1.54, 1.807) is 23.3 Å². The van der Waals surface area contributed by atoms with Gasteiger partial charge in [0.2, 0.25) is 0 Å². The van der Waals surface area contributed by atoms with E-state index in [2.05, 4.69) is 18.8 Å². The number of allylic oxidation sites excluding steroid dienone is 1. The van der Waals surface area contributed by atoms with Crippen molar-refractivity contribution in [3.05, 3.63) is 96.2 Å². The van der Waals surface area contributed by atoms with Crippen molar-refractivity contribution in [2.45, 2.75) is 37.6 Å². The number of thioether (sulfide) groups is 1. The number of hydrogen-bond acceptors (Lipinski definition) is 6. The second-order valence-electron chi connectivity index (χ2n) is 8.17. The number of methoxy groups -OCH3 is 1. The molecule has 1 aliphatic rings. The summed E-state index contributed by atoms with van der Waals surface area (Å²) in [6, 6.07) is 15.5. The van der Waals surface area contributed by atoms with Crippen molar-refractivity contribution in [1.29, 1.82) is 0 Å². The minimum absolute atomic E-state index is 0.167. The molecule has 1 aliphatic heterocycles. The molecule has 4 rings (SSSR count). The van der Waals surface area contributed by atoms with E-state index in [1.807, 2.05) is 60.9 Å². The Morgan fingerprint density at radius 2 is 1.82 bits per heavy atom. The Hall–Kier alpha value is -2.90. The number of thiazole rings is 1. The van der Waals surface area contributed by atoms with E-state index in [0.29, 0.717) is 26.5 Å². The van der Waals surface area contributed by atoms with Gasteiger partial charge in [0, 0.05) is 4.90 Å².